The first-order chi connectivity index (χ1) is 18.3. The molecule has 1 saturated heterocycles. The number of benzene rings is 2. The third kappa shape index (κ3) is 5.57. The second-order valence-corrected chi connectivity index (χ2v) is 11.3. The summed E-state index contributed by atoms with van der Waals surface area (Å²) in [6.45, 7) is 3.00. The number of rotatable bonds is 9. The molecule has 0 saturated carbocycles. The van der Waals surface area contributed by atoms with Gasteiger partial charge in [-0.05, 0) is 43.2 Å². The Hall–Kier alpha value is -3.74. The molecule has 2 atom stereocenters. The van der Waals surface area contributed by atoms with E-state index in [9.17, 15) is 12.8 Å². The predicted octanol–water partition coefficient (Wildman–Crippen LogP) is 3.45. The van der Waals surface area contributed by atoms with Crippen molar-refractivity contribution < 1.29 is 22.0 Å². The van der Waals surface area contributed by atoms with Crippen molar-refractivity contribution in [1.29, 1.82) is 0 Å². The van der Waals surface area contributed by atoms with Gasteiger partial charge >= 0.3 is 0 Å². The number of anilines is 1. The van der Waals surface area contributed by atoms with Crippen molar-refractivity contribution in [3.8, 4) is 34.3 Å². The molecule has 5 rings (SSSR count). The quantitative estimate of drug-likeness (QED) is 0.325. The lowest BCUT2D eigenvalue weighted by Crippen LogP contribution is -2.21. The number of halogens is 1. The van der Waals surface area contributed by atoms with Gasteiger partial charge in [-0.2, -0.15) is 0 Å². The molecule has 198 valence electrons. The summed E-state index contributed by atoms with van der Waals surface area (Å²) in [5.74, 6) is 0.511. The Labute approximate surface area is 219 Å². The van der Waals surface area contributed by atoms with E-state index in [0.29, 0.717) is 36.4 Å². The minimum Gasteiger partial charge on any atom is -0.414 e. The molecule has 0 aliphatic carbocycles. The van der Waals surface area contributed by atoms with E-state index < -0.39 is 21.3 Å². The van der Waals surface area contributed by atoms with E-state index in [2.05, 4.69) is 25.5 Å². The van der Waals surface area contributed by atoms with Crippen molar-refractivity contribution in [1.82, 2.24) is 25.5 Å². The Bertz CT molecular complexity index is 1500. The van der Waals surface area contributed by atoms with Crippen LogP contribution in [0.25, 0.3) is 34.3 Å². The monoisotopic (exact) mass is 538 g/mol. The molecule has 2 aromatic carbocycles. The molecular weight excluding hydrogens is 511 g/mol. The van der Waals surface area contributed by atoms with Crippen LogP contribution in [0.1, 0.15) is 18.9 Å². The fourth-order valence-electron chi connectivity index (χ4n) is 4.08. The van der Waals surface area contributed by atoms with Crippen molar-refractivity contribution >= 4 is 15.7 Å². The van der Waals surface area contributed by atoms with Gasteiger partial charge in [0.05, 0.1) is 28.6 Å². The van der Waals surface area contributed by atoms with Crippen LogP contribution in [-0.4, -0.2) is 59.8 Å². The van der Waals surface area contributed by atoms with Gasteiger partial charge < -0.3 is 20.2 Å². The highest BCUT2D eigenvalue weighted by atomic mass is 32.2. The highest BCUT2D eigenvalue weighted by molar-refractivity contribution is 7.92. The molecule has 1 aliphatic heterocycles. The summed E-state index contributed by atoms with van der Waals surface area (Å²) < 4.78 is 49.6. The van der Waals surface area contributed by atoms with Crippen LogP contribution in [0.5, 0.6) is 0 Å². The summed E-state index contributed by atoms with van der Waals surface area (Å²) >= 11 is 0. The molecule has 0 spiro atoms. The van der Waals surface area contributed by atoms with E-state index in [1.54, 1.807) is 24.3 Å². The number of hydrogen-bond acceptors (Lipinski definition) is 10. The number of hydrogen-bond donors (Lipinski definition) is 2. The molecule has 0 bridgehead atoms. The van der Waals surface area contributed by atoms with Crippen molar-refractivity contribution in [2.75, 3.05) is 25.5 Å². The van der Waals surface area contributed by atoms with E-state index in [1.165, 1.54) is 13.1 Å². The second kappa shape index (κ2) is 10.9. The smallest absolute Gasteiger partial charge is 0.270 e. The Morgan fingerprint density at radius 3 is 2.47 bits per heavy atom. The number of sulfone groups is 1. The normalized spacial score (nSPS) is 16.5. The zero-order valence-corrected chi connectivity index (χ0v) is 21.5. The van der Waals surface area contributed by atoms with Crippen LogP contribution >= 0.6 is 0 Å². The Kier molecular flexibility index (Phi) is 7.45. The standard InChI is InChI=1S/C26H27FN6O4S/c1-16(27)12-29-13-17-2-4-19(5-3-17)25-32-33-26(37-25)23-24(28)30-14-22(31-23)18-6-8-20(9-7-18)38(34,35)21-10-11-36-15-21/h2-9,14,16,21,29H,10-13,15H2,1H3,(H2,28,30). The molecule has 4 aromatic rings. The van der Waals surface area contributed by atoms with Gasteiger partial charge in [0.1, 0.15) is 6.17 Å². The van der Waals surface area contributed by atoms with Crippen LogP contribution < -0.4 is 11.1 Å². The highest BCUT2D eigenvalue weighted by Gasteiger charge is 2.31. The SMILES string of the molecule is CC(F)CNCc1ccc(-c2nnc(-c3nc(-c4ccc(S(=O)(=O)C5CCOC5)cc4)cnc3N)o2)cc1. The van der Waals surface area contributed by atoms with Gasteiger partial charge in [-0.3, -0.25) is 0 Å². The molecule has 1 fully saturated rings. The highest BCUT2D eigenvalue weighted by Crippen LogP contribution is 2.29. The number of alkyl halides is 1. The molecule has 2 aromatic heterocycles. The lowest BCUT2D eigenvalue weighted by molar-refractivity contribution is 0.198. The first-order valence-corrected chi connectivity index (χ1v) is 13.7. The maximum Gasteiger partial charge on any atom is 0.270 e. The topological polar surface area (TPSA) is 146 Å². The zero-order chi connectivity index (χ0) is 26.7. The summed E-state index contributed by atoms with van der Waals surface area (Å²) in [5, 5.41) is 10.7. The average molecular weight is 539 g/mol. The molecule has 0 amide bonds. The molecule has 3 N–H and O–H groups in total. The summed E-state index contributed by atoms with van der Waals surface area (Å²) in [4.78, 5) is 9.02. The Morgan fingerprint density at radius 2 is 1.79 bits per heavy atom. The number of nitrogen functional groups attached to an aromatic ring is 1. The minimum atomic E-state index is -3.46. The van der Waals surface area contributed by atoms with Gasteiger partial charge in [0, 0.05) is 30.8 Å². The Morgan fingerprint density at radius 1 is 1.08 bits per heavy atom. The van der Waals surface area contributed by atoms with Crippen LogP contribution in [0.3, 0.4) is 0 Å². The van der Waals surface area contributed by atoms with Crippen molar-refractivity contribution in [2.45, 2.75) is 36.2 Å². The van der Waals surface area contributed by atoms with Crippen molar-refractivity contribution in [3.63, 3.8) is 0 Å². The van der Waals surface area contributed by atoms with Gasteiger partial charge in [0.15, 0.2) is 21.3 Å². The van der Waals surface area contributed by atoms with Gasteiger partial charge in [0.25, 0.3) is 5.89 Å². The summed E-state index contributed by atoms with van der Waals surface area (Å²) in [7, 11) is -3.46. The minimum absolute atomic E-state index is 0.106. The average Bonchev–Trinajstić information content (AvgIpc) is 3.63. The zero-order valence-electron chi connectivity index (χ0n) is 20.7. The maximum absolute atomic E-state index is 13.0. The predicted molar refractivity (Wildman–Crippen MR) is 139 cm³/mol. The fourth-order valence-corrected chi connectivity index (χ4v) is 5.66. The summed E-state index contributed by atoms with van der Waals surface area (Å²) in [6, 6.07) is 13.9. The van der Waals surface area contributed by atoms with Gasteiger partial charge in [-0.15, -0.1) is 10.2 Å². The summed E-state index contributed by atoms with van der Waals surface area (Å²) in [6.07, 6.45) is 1.08. The lowest BCUT2D eigenvalue weighted by atomic mass is 10.1. The first-order valence-electron chi connectivity index (χ1n) is 12.1. The maximum atomic E-state index is 13.0. The molecule has 1 aliphatic rings. The van der Waals surface area contributed by atoms with Gasteiger partial charge in [-0.25, -0.2) is 22.8 Å². The number of nitrogens with one attached hydrogen (secondary N) is 1. The summed E-state index contributed by atoms with van der Waals surface area (Å²) in [5.41, 5.74) is 9.12. The van der Waals surface area contributed by atoms with Crippen LogP contribution in [0, 0.1) is 0 Å². The van der Waals surface area contributed by atoms with E-state index in [1.807, 2.05) is 24.3 Å². The Balaban J connectivity index is 1.34. The number of ether oxygens (including phenoxy) is 1. The molecular formula is C26H27FN6O4S. The number of aromatic nitrogens is 4. The van der Waals surface area contributed by atoms with Crippen LogP contribution in [0.15, 0.2) is 64.0 Å². The molecule has 0 radical (unpaired) electrons. The third-order valence-corrected chi connectivity index (χ3v) is 8.37. The van der Waals surface area contributed by atoms with Crippen LogP contribution in [0.2, 0.25) is 0 Å². The lowest BCUT2D eigenvalue weighted by Gasteiger charge is -2.10. The van der Waals surface area contributed by atoms with E-state index in [4.69, 9.17) is 14.9 Å². The van der Waals surface area contributed by atoms with Gasteiger partial charge in [-0.1, -0.05) is 24.3 Å². The molecule has 2 unspecified atom stereocenters. The van der Waals surface area contributed by atoms with E-state index in [-0.39, 0.29) is 41.3 Å². The van der Waals surface area contributed by atoms with Crippen LogP contribution in [0.4, 0.5) is 10.2 Å². The largest absolute Gasteiger partial charge is 0.414 e. The van der Waals surface area contributed by atoms with Gasteiger partial charge in [0.2, 0.25) is 5.89 Å². The molecule has 38 heavy (non-hydrogen) atoms. The molecule has 12 heteroatoms. The van der Waals surface area contributed by atoms with Crippen molar-refractivity contribution in [3.05, 3.63) is 60.3 Å². The second-order valence-electron chi connectivity index (χ2n) is 9.07. The third-order valence-electron chi connectivity index (χ3n) is 6.19. The molecule has 3 heterocycles. The number of nitrogens with two attached hydrogens (primary N) is 1. The van der Waals surface area contributed by atoms with E-state index in [0.717, 1.165) is 5.56 Å². The fraction of sp³-hybridized carbons (Fsp3) is 0.308. The first kappa shape index (κ1) is 25.9. The number of nitrogens with zero attached hydrogens (tertiary/aromatic N) is 4. The van der Waals surface area contributed by atoms with E-state index >= 15 is 0 Å². The molecule has 10 nitrogen and oxygen atoms in total. The van der Waals surface area contributed by atoms with Crippen molar-refractivity contribution in [2.24, 2.45) is 0 Å². The van der Waals surface area contributed by atoms with Crippen LogP contribution in [-0.2, 0) is 21.1 Å².